The van der Waals surface area contributed by atoms with Crippen molar-refractivity contribution in [1.82, 2.24) is 0 Å². The standard InChI is InChI=1S/C11H13NO3/c1-2-15-10-6-4-3-5-8(10)11(14)9(13)7-12/h3-6,9,11,13-14H,2H2,1H3. The molecule has 1 rings (SSSR count). The molecule has 0 spiro atoms. The smallest absolute Gasteiger partial charge is 0.170 e. The van der Waals surface area contributed by atoms with E-state index in [2.05, 4.69) is 0 Å². The maximum absolute atomic E-state index is 9.64. The number of hydrogen-bond donors (Lipinski definition) is 2. The van der Waals surface area contributed by atoms with Gasteiger partial charge < -0.3 is 14.9 Å². The summed E-state index contributed by atoms with van der Waals surface area (Å²) >= 11 is 0. The summed E-state index contributed by atoms with van der Waals surface area (Å²) in [4.78, 5) is 0. The highest BCUT2D eigenvalue weighted by Crippen LogP contribution is 2.26. The Labute approximate surface area is 88.4 Å². The fourth-order valence-corrected chi connectivity index (χ4v) is 1.25. The van der Waals surface area contributed by atoms with E-state index in [9.17, 15) is 10.2 Å². The lowest BCUT2D eigenvalue weighted by atomic mass is 10.0. The van der Waals surface area contributed by atoms with Gasteiger partial charge in [0.15, 0.2) is 6.10 Å². The number of aliphatic hydroxyl groups excluding tert-OH is 2. The van der Waals surface area contributed by atoms with Crippen molar-refractivity contribution in [2.24, 2.45) is 0 Å². The van der Waals surface area contributed by atoms with Crippen molar-refractivity contribution in [3.63, 3.8) is 0 Å². The van der Waals surface area contributed by atoms with Crippen LogP contribution in [0.4, 0.5) is 0 Å². The molecule has 15 heavy (non-hydrogen) atoms. The van der Waals surface area contributed by atoms with E-state index >= 15 is 0 Å². The Morgan fingerprint density at radius 1 is 1.40 bits per heavy atom. The van der Waals surface area contributed by atoms with Crippen LogP contribution in [0.1, 0.15) is 18.6 Å². The zero-order valence-corrected chi connectivity index (χ0v) is 8.42. The Kier molecular flexibility index (Phi) is 4.10. The van der Waals surface area contributed by atoms with Crippen LogP contribution in [0.3, 0.4) is 0 Å². The molecule has 2 N–H and O–H groups in total. The zero-order valence-electron chi connectivity index (χ0n) is 8.42. The maximum Gasteiger partial charge on any atom is 0.170 e. The van der Waals surface area contributed by atoms with Gasteiger partial charge in [-0.15, -0.1) is 0 Å². The predicted molar refractivity (Wildman–Crippen MR) is 54.2 cm³/mol. The Bertz CT molecular complexity index is 359. The minimum Gasteiger partial charge on any atom is -0.493 e. The van der Waals surface area contributed by atoms with Crippen LogP contribution >= 0.6 is 0 Å². The minimum atomic E-state index is -1.44. The number of nitrogens with zero attached hydrogens (tertiary/aromatic N) is 1. The van der Waals surface area contributed by atoms with Crippen LogP contribution in [0.2, 0.25) is 0 Å². The van der Waals surface area contributed by atoms with Crippen LogP contribution in [0.25, 0.3) is 0 Å². The molecule has 0 amide bonds. The Morgan fingerprint density at radius 3 is 2.67 bits per heavy atom. The van der Waals surface area contributed by atoms with Gasteiger partial charge in [0.25, 0.3) is 0 Å². The van der Waals surface area contributed by atoms with E-state index < -0.39 is 12.2 Å². The highest BCUT2D eigenvalue weighted by Gasteiger charge is 2.20. The third-order valence-electron chi connectivity index (χ3n) is 1.97. The molecule has 2 unspecified atom stereocenters. The summed E-state index contributed by atoms with van der Waals surface area (Å²) in [5.74, 6) is 0.488. The van der Waals surface area contributed by atoms with Crippen LogP contribution in [-0.4, -0.2) is 22.9 Å². The van der Waals surface area contributed by atoms with Gasteiger partial charge in [0, 0.05) is 5.56 Å². The second-order valence-corrected chi connectivity index (χ2v) is 2.99. The summed E-state index contributed by atoms with van der Waals surface area (Å²) in [7, 11) is 0. The molecule has 1 aromatic carbocycles. The monoisotopic (exact) mass is 207 g/mol. The van der Waals surface area contributed by atoms with Crippen LogP contribution in [0.15, 0.2) is 24.3 Å². The third-order valence-corrected chi connectivity index (χ3v) is 1.97. The van der Waals surface area contributed by atoms with Crippen LogP contribution in [0.5, 0.6) is 5.75 Å². The molecular formula is C11H13NO3. The SMILES string of the molecule is CCOc1ccccc1C(O)C(O)C#N. The van der Waals surface area contributed by atoms with Crippen LogP contribution in [-0.2, 0) is 0 Å². The van der Waals surface area contributed by atoms with Crippen molar-refractivity contribution in [3.8, 4) is 11.8 Å². The molecular weight excluding hydrogens is 194 g/mol. The molecule has 4 nitrogen and oxygen atoms in total. The van der Waals surface area contributed by atoms with Crippen LogP contribution in [0, 0.1) is 11.3 Å². The quantitative estimate of drug-likeness (QED) is 0.722. The van der Waals surface area contributed by atoms with Gasteiger partial charge in [0.1, 0.15) is 11.9 Å². The Morgan fingerprint density at radius 2 is 2.07 bits per heavy atom. The maximum atomic E-state index is 9.64. The fourth-order valence-electron chi connectivity index (χ4n) is 1.25. The van der Waals surface area contributed by atoms with E-state index in [0.29, 0.717) is 17.9 Å². The summed E-state index contributed by atoms with van der Waals surface area (Å²) in [5, 5.41) is 27.3. The average Bonchev–Trinajstić information content (AvgIpc) is 2.28. The molecule has 1 aromatic rings. The van der Waals surface area contributed by atoms with E-state index in [1.807, 2.05) is 6.92 Å². The molecule has 0 saturated heterocycles. The molecule has 4 heteroatoms. The molecule has 80 valence electrons. The molecule has 0 aliphatic heterocycles. The van der Waals surface area contributed by atoms with Gasteiger partial charge in [-0.25, -0.2) is 0 Å². The first-order valence-corrected chi connectivity index (χ1v) is 4.68. The highest BCUT2D eigenvalue weighted by molar-refractivity contribution is 5.36. The van der Waals surface area contributed by atoms with E-state index in [0.717, 1.165) is 0 Å². The van der Waals surface area contributed by atoms with Gasteiger partial charge in [-0.2, -0.15) is 5.26 Å². The number of benzene rings is 1. The summed E-state index contributed by atoms with van der Waals surface area (Å²) in [5.41, 5.74) is 0.424. The number of para-hydroxylation sites is 1. The van der Waals surface area contributed by atoms with Gasteiger partial charge in [0.2, 0.25) is 0 Å². The van der Waals surface area contributed by atoms with Gasteiger partial charge in [-0.1, -0.05) is 18.2 Å². The second kappa shape index (κ2) is 5.35. The van der Waals surface area contributed by atoms with Crippen molar-refractivity contribution >= 4 is 0 Å². The molecule has 0 aliphatic rings. The van der Waals surface area contributed by atoms with E-state index in [4.69, 9.17) is 10.00 Å². The molecule has 0 saturated carbocycles. The average molecular weight is 207 g/mol. The topological polar surface area (TPSA) is 73.5 Å². The van der Waals surface area contributed by atoms with Crippen molar-refractivity contribution in [3.05, 3.63) is 29.8 Å². The van der Waals surface area contributed by atoms with Crippen LogP contribution < -0.4 is 4.74 Å². The van der Waals surface area contributed by atoms with E-state index in [1.54, 1.807) is 30.3 Å². The van der Waals surface area contributed by atoms with Gasteiger partial charge in [0.05, 0.1) is 12.7 Å². The fraction of sp³-hybridized carbons (Fsp3) is 0.364. The molecule has 0 radical (unpaired) electrons. The predicted octanol–water partition coefficient (Wildman–Crippen LogP) is 1.00. The summed E-state index contributed by atoms with van der Waals surface area (Å²) < 4.78 is 5.27. The van der Waals surface area contributed by atoms with Crippen molar-refractivity contribution in [1.29, 1.82) is 5.26 Å². The van der Waals surface area contributed by atoms with E-state index in [-0.39, 0.29) is 0 Å². The first kappa shape index (κ1) is 11.5. The number of aliphatic hydroxyl groups is 2. The molecule has 0 heterocycles. The molecule has 0 aliphatic carbocycles. The van der Waals surface area contributed by atoms with Crippen molar-refractivity contribution in [2.45, 2.75) is 19.1 Å². The lowest BCUT2D eigenvalue weighted by molar-refractivity contribution is 0.0507. The van der Waals surface area contributed by atoms with Crippen molar-refractivity contribution in [2.75, 3.05) is 6.61 Å². The Balaban J connectivity index is 2.97. The largest absolute Gasteiger partial charge is 0.493 e. The second-order valence-electron chi connectivity index (χ2n) is 2.99. The lowest BCUT2D eigenvalue weighted by Crippen LogP contribution is -2.16. The lowest BCUT2D eigenvalue weighted by Gasteiger charge is -2.16. The van der Waals surface area contributed by atoms with E-state index in [1.165, 1.54) is 0 Å². The number of rotatable bonds is 4. The first-order chi connectivity index (χ1) is 7.20. The summed E-state index contributed by atoms with van der Waals surface area (Å²) in [6.45, 7) is 2.29. The molecule has 2 atom stereocenters. The molecule has 0 aromatic heterocycles. The number of ether oxygens (including phenoxy) is 1. The highest BCUT2D eigenvalue weighted by atomic mass is 16.5. The van der Waals surface area contributed by atoms with Crippen molar-refractivity contribution < 1.29 is 14.9 Å². The summed E-state index contributed by atoms with van der Waals surface area (Å²) in [6, 6.07) is 8.37. The first-order valence-electron chi connectivity index (χ1n) is 4.68. The summed E-state index contributed by atoms with van der Waals surface area (Å²) in [6.07, 6.45) is -2.68. The van der Waals surface area contributed by atoms with Gasteiger partial charge >= 0.3 is 0 Å². The Hall–Kier alpha value is -1.57. The molecule has 0 fully saturated rings. The normalized spacial score (nSPS) is 14.0. The zero-order chi connectivity index (χ0) is 11.3. The minimum absolute atomic E-state index is 0.424. The van der Waals surface area contributed by atoms with Gasteiger partial charge in [-0.05, 0) is 13.0 Å². The number of nitriles is 1. The third kappa shape index (κ3) is 2.69. The number of hydrogen-bond acceptors (Lipinski definition) is 4. The van der Waals surface area contributed by atoms with Gasteiger partial charge in [-0.3, -0.25) is 0 Å². The molecule has 0 bridgehead atoms.